The first-order chi connectivity index (χ1) is 12.8. The number of rotatable bonds is 6. The van der Waals surface area contributed by atoms with E-state index < -0.39 is 0 Å². The molecule has 1 aromatic heterocycles. The zero-order valence-electron chi connectivity index (χ0n) is 14.7. The van der Waals surface area contributed by atoms with Gasteiger partial charge in [0.25, 0.3) is 0 Å². The van der Waals surface area contributed by atoms with E-state index in [1.165, 1.54) is 0 Å². The second-order valence-electron chi connectivity index (χ2n) is 6.28. The first-order valence-electron chi connectivity index (χ1n) is 8.85. The highest BCUT2D eigenvalue weighted by atomic mass is 16.5. The van der Waals surface area contributed by atoms with Gasteiger partial charge >= 0.3 is 0 Å². The Morgan fingerprint density at radius 3 is 2.73 bits per heavy atom. The van der Waals surface area contributed by atoms with E-state index in [1.54, 1.807) is 7.11 Å². The Labute approximate surface area is 152 Å². The smallest absolute Gasteiger partial charge is 0.229 e. The summed E-state index contributed by atoms with van der Waals surface area (Å²) in [6.07, 6.45) is 2.47. The van der Waals surface area contributed by atoms with Crippen LogP contribution < -0.4 is 15.4 Å². The van der Waals surface area contributed by atoms with E-state index >= 15 is 0 Å². The molecular weight excluding hydrogens is 328 g/mol. The van der Waals surface area contributed by atoms with Crippen molar-refractivity contribution in [3.05, 3.63) is 48.5 Å². The summed E-state index contributed by atoms with van der Waals surface area (Å²) in [5.74, 6) is 2.19. The number of hydrogen-bond acceptors (Lipinski definition) is 6. The lowest BCUT2D eigenvalue weighted by molar-refractivity contribution is 0.120. The molecule has 2 N–H and O–H groups in total. The monoisotopic (exact) mass is 350 g/mol. The van der Waals surface area contributed by atoms with Crippen molar-refractivity contribution in [3.63, 3.8) is 0 Å². The van der Waals surface area contributed by atoms with Gasteiger partial charge in [0.15, 0.2) is 0 Å². The van der Waals surface area contributed by atoms with Gasteiger partial charge in [-0.15, -0.1) is 0 Å². The third-order valence-corrected chi connectivity index (χ3v) is 4.47. The third-order valence-electron chi connectivity index (χ3n) is 4.47. The molecule has 6 heteroatoms. The fourth-order valence-electron chi connectivity index (χ4n) is 3.09. The van der Waals surface area contributed by atoms with Gasteiger partial charge in [0.2, 0.25) is 5.95 Å². The lowest BCUT2D eigenvalue weighted by Crippen LogP contribution is -2.19. The quantitative estimate of drug-likeness (QED) is 0.701. The highest BCUT2D eigenvalue weighted by Crippen LogP contribution is 2.25. The fourth-order valence-corrected chi connectivity index (χ4v) is 3.09. The second-order valence-corrected chi connectivity index (χ2v) is 6.28. The first-order valence-corrected chi connectivity index (χ1v) is 8.85. The number of anilines is 3. The Morgan fingerprint density at radius 1 is 1.12 bits per heavy atom. The van der Waals surface area contributed by atoms with E-state index in [0.717, 1.165) is 54.2 Å². The molecule has 0 saturated carbocycles. The maximum absolute atomic E-state index is 5.70. The van der Waals surface area contributed by atoms with Crippen LogP contribution in [-0.4, -0.2) is 36.3 Å². The van der Waals surface area contributed by atoms with Crippen LogP contribution in [0.1, 0.15) is 12.8 Å². The van der Waals surface area contributed by atoms with Crippen molar-refractivity contribution in [2.75, 3.05) is 30.9 Å². The average molecular weight is 350 g/mol. The fraction of sp³-hybridized carbons (Fsp3) is 0.300. The number of nitrogens with zero attached hydrogens (tertiary/aromatic N) is 2. The minimum absolute atomic E-state index is 0.252. The summed E-state index contributed by atoms with van der Waals surface area (Å²) in [4.78, 5) is 9.31. The number of ether oxygens (including phenoxy) is 2. The molecular formula is C20H22N4O2. The highest BCUT2D eigenvalue weighted by Gasteiger charge is 2.16. The van der Waals surface area contributed by atoms with Gasteiger partial charge in [-0.3, -0.25) is 0 Å². The number of nitrogens with one attached hydrogen (secondary N) is 2. The van der Waals surface area contributed by atoms with Gasteiger partial charge in [-0.1, -0.05) is 12.1 Å². The van der Waals surface area contributed by atoms with Gasteiger partial charge in [0.05, 0.1) is 18.7 Å². The molecule has 1 saturated heterocycles. The summed E-state index contributed by atoms with van der Waals surface area (Å²) >= 11 is 0. The van der Waals surface area contributed by atoms with Crippen LogP contribution in [0.2, 0.25) is 0 Å². The average Bonchev–Trinajstić information content (AvgIpc) is 3.20. The minimum Gasteiger partial charge on any atom is -0.497 e. The molecule has 134 valence electrons. The SMILES string of the molecule is COc1ccc(Nc2nc(NC[C@@H]3CCCO3)c3ccccc3n2)cc1. The molecule has 26 heavy (non-hydrogen) atoms. The maximum Gasteiger partial charge on any atom is 0.229 e. The van der Waals surface area contributed by atoms with E-state index in [2.05, 4.69) is 20.6 Å². The largest absolute Gasteiger partial charge is 0.497 e. The molecule has 0 spiro atoms. The van der Waals surface area contributed by atoms with Crippen molar-refractivity contribution in [2.24, 2.45) is 0 Å². The van der Waals surface area contributed by atoms with Crippen LogP contribution in [0, 0.1) is 0 Å². The van der Waals surface area contributed by atoms with Gasteiger partial charge in [-0.25, -0.2) is 4.98 Å². The van der Waals surface area contributed by atoms with Crippen LogP contribution in [-0.2, 0) is 4.74 Å². The molecule has 1 fully saturated rings. The van der Waals surface area contributed by atoms with Crippen LogP contribution in [0.5, 0.6) is 5.75 Å². The molecule has 1 aliphatic rings. The number of para-hydroxylation sites is 1. The maximum atomic E-state index is 5.70. The normalized spacial score (nSPS) is 16.6. The molecule has 6 nitrogen and oxygen atoms in total. The standard InChI is InChI=1S/C20H22N4O2/c1-25-15-10-8-14(9-11-15)22-20-23-18-7-3-2-6-17(18)19(24-20)21-13-16-5-4-12-26-16/h2-3,6-11,16H,4-5,12-13H2,1H3,(H2,21,22,23,24)/t16-/m0/s1. The lowest BCUT2D eigenvalue weighted by Gasteiger charge is -2.14. The zero-order valence-corrected chi connectivity index (χ0v) is 14.7. The molecule has 0 radical (unpaired) electrons. The van der Waals surface area contributed by atoms with Crippen LogP contribution in [0.3, 0.4) is 0 Å². The summed E-state index contributed by atoms with van der Waals surface area (Å²) in [5.41, 5.74) is 1.81. The van der Waals surface area contributed by atoms with E-state index in [4.69, 9.17) is 9.47 Å². The molecule has 0 unspecified atom stereocenters. The number of hydrogen-bond donors (Lipinski definition) is 2. The molecule has 1 aliphatic heterocycles. The molecule has 0 bridgehead atoms. The number of aromatic nitrogens is 2. The first kappa shape index (κ1) is 16.6. The van der Waals surface area contributed by atoms with Gasteiger partial charge < -0.3 is 20.1 Å². The summed E-state index contributed by atoms with van der Waals surface area (Å²) in [6.45, 7) is 1.60. The van der Waals surface area contributed by atoms with Gasteiger partial charge in [-0.2, -0.15) is 4.98 Å². The van der Waals surface area contributed by atoms with Crippen LogP contribution in [0.4, 0.5) is 17.5 Å². The summed E-state index contributed by atoms with van der Waals surface area (Å²) in [5, 5.41) is 7.71. The summed E-state index contributed by atoms with van der Waals surface area (Å²) < 4.78 is 10.9. The number of fused-ring (bicyclic) bond motifs is 1. The molecule has 1 atom stereocenters. The second kappa shape index (κ2) is 7.58. The third kappa shape index (κ3) is 3.70. The van der Waals surface area contributed by atoms with Gasteiger partial charge in [-0.05, 0) is 49.2 Å². The minimum atomic E-state index is 0.252. The van der Waals surface area contributed by atoms with E-state index in [9.17, 15) is 0 Å². The van der Waals surface area contributed by atoms with Crippen LogP contribution in [0.15, 0.2) is 48.5 Å². The van der Waals surface area contributed by atoms with Crippen molar-refractivity contribution in [1.82, 2.24) is 9.97 Å². The van der Waals surface area contributed by atoms with Gasteiger partial charge in [0.1, 0.15) is 11.6 Å². The van der Waals surface area contributed by atoms with Crippen molar-refractivity contribution >= 4 is 28.4 Å². The summed E-state index contributed by atoms with van der Waals surface area (Å²) in [7, 11) is 1.65. The topological polar surface area (TPSA) is 68.3 Å². The lowest BCUT2D eigenvalue weighted by atomic mass is 10.2. The van der Waals surface area contributed by atoms with Crippen LogP contribution >= 0.6 is 0 Å². The van der Waals surface area contributed by atoms with Crippen molar-refractivity contribution in [1.29, 1.82) is 0 Å². The van der Waals surface area contributed by atoms with E-state index in [-0.39, 0.29) is 6.10 Å². The predicted octanol–water partition coefficient (Wildman–Crippen LogP) is 3.97. The van der Waals surface area contributed by atoms with Crippen molar-refractivity contribution < 1.29 is 9.47 Å². The Morgan fingerprint density at radius 2 is 1.96 bits per heavy atom. The van der Waals surface area contributed by atoms with Crippen molar-refractivity contribution in [3.8, 4) is 5.75 Å². The molecule has 4 rings (SSSR count). The van der Waals surface area contributed by atoms with Gasteiger partial charge in [0, 0.05) is 24.2 Å². The molecule has 2 aromatic carbocycles. The van der Waals surface area contributed by atoms with E-state index in [0.29, 0.717) is 5.95 Å². The number of benzene rings is 2. The van der Waals surface area contributed by atoms with Crippen molar-refractivity contribution in [2.45, 2.75) is 18.9 Å². The molecule has 3 aromatic rings. The number of methoxy groups -OCH3 is 1. The van der Waals surface area contributed by atoms with E-state index in [1.807, 2.05) is 48.5 Å². The Bertz CT molecular complexity index is 877. The molecule has 0 amide bonds. The molecule has 0 aliphatic carbocycles. The predicted molar refractivity (Wildman–Crippen MR) is 103 cm³/mol. The van der Waals surface area contributed by atoms with Crippen LogP contribution in [0.25, 0.3) is 10.9 Å². The Kier molecular flexibility index (Phi) is 4.84. The summed E-state index contributed by atoms with van der Waals surface area (Å²) in [6, 6.07) is 15.7. The Hall–Kier alpha value is -2.86. The molecule has 2 heterocycles. The Balaban J connectivity index is 1.59. The zero-order chi connectivity index (χ0) is 17.8. The highest BCUT2D eigenvalue weighted by molar-refractivity contribution is 5.90.